The van der Waals surface area contributed by atoms with Crippen LogP contribution in [0.3, 0.4) is 0 Å². The van der Waals surface area contributed by atoms with E-state index in [1.54, 1.807) is 31.2 Å². The van der Waals surface area contributed by atoms with E-state index < -0.39 is 26.9 Å². The van der Waals surface area contributed by atoms with Crippen LogP contribution in [0.15, 0.2) is 42.5 Å². The minimum absolute atomic E-state index is 0.0386. The standard InChI is InChI=1S/C18H20ClN3O5S/c1-4-17(21(28(3,26)27)13-7-5-12(2)6-8-13)18(23)20-16-11-14(22(24)25)9-10-15(16)19/h5-11,17H,4H2,1-3H3,(H,20,23)/t17-/m1/s1. The highest BCUT2D eigenvalue weighted by atomic mass is 35.5. The van der Waals surface area contributed by atoms with Gasteiger partial charge in [0.15, 0.2) is 0 Å². The SMILES string of the molecule is CC[C@H](C(=O)Nc1cc([N+](=O)[O-])ccc1Cl)N(c1ccc(C)cc1)S(C)(=O)=O. The molecule has 1 amide bonds. The lowest BCUT2D eigenvalue weighted by Gasteiger charge is -2.30. The second-order valence-corrected chi connectivity index (χ2v) is 8.50. The van der Waals surface area contributed by atoms with Crippen LogP contribution in [0.1, 0.15) is 18.9 Å². The molecule has 2 aromatic carbocycles. The fraction of sp³-hybridized carbons (Fsp3) is 0.278. The van der Waals surface area contributed by atoms with Crippen molar-refractivity contribution in [2.24, 2.45) is 0 Å². The Morgan fingerprint density at radius 3 is 2.36 bits per heavy atom. The van der Waals surface area contributed by atoms with E-state index in [4.69, 9.17) is 11.6 Å². The monoisotopic (exact) mass is 425 g/mol. The lowest BCUT2D eigenvalue weighted by Crippen LogP contribution is -2.47. The van der Waals surface area contributed by atoms with Crippen molar-refractivity contribution < 1.29 is 18.1 Å². The Morgan fingerprint density at radius 1 is 1.25 bits per heavy atom. The summed E-state index contributed by atoms with van der Waals surface area (Å²) < 4.78 is 25.9. The molecule has 0 unspecified atom stereocenters. The number of anilines is 2. The van der Waals surface area contributed by atoms with Crippen molar-refractivity contribution in [1.29, 1.82) is 0 Å². The maximum absolute atomic E-state index is 12.9. The van der Waals surface area contributed by atoms with E-state index >= 15 is 0 Å². The van der Waals surface area contributed by atoms with Gasteiger partial charge in [-0.2, -0.15) is 0 Å². The molecule has 8 nitrogen and oxygen atoms in total. The van der Waals surface area contributed by atoms with E-state index in [-0.39, 0.29) is 22.8 Å². The zero-order valence-electron chi connectivity index (χ0n) is 15.5. The van der Waals surface area contributed by atoms with Crippen LogP contribution < -0.4 is 9.62 Å². The molecule has 2 aromatic rings. The maximum atomic E-state index is 12.9. The van der Waals surface area contributed by atoms with Crippen molar-refractivity contribution >= 4 is 44.6 Å². The first-order valence-corrected chi connectivity index (χ1v) is 10.6. The van der Waals surface area contributed by atoms with Crippen molar-refractivity contribution in [2.45, 2.75) is 26.3 Å². The zero-order valence-corrected chi connectivity index (χ0v) is 17.1. The van der Waals surface area contributed by atoms with Crippen molar-refractivity contribution in [3.05, 3.63) is 63.2 Å². The molecule has 0 saturated heterocycles. The molecule has 0 aromatic heterocycles. The van der Waals surface area contributed by atoms with E-state index in [0.717, 1.165) is 22.2 Å². The number of sulfonamides is 1. The van der Waals surface area contributed by atoms with Gasteiger partial charge in [-0.25, -0.2) is 8.42 Å². The van der Waals surface area contributed by atoms with Gasteiger partial charge in [-0.05, 0) is 31.5 Å². The minimum atomic E-state index is -3.78. The Morgan fingerprint density at radius 2 is 1.86 bits per heavy atom. The van der Waals surface area contributed by atoms with Crippen LogP contribution in [0.2, 0.25) is 5.02 Å². The van der Waals surface area contributed by atoms with E-state index in [1.165, 1.54) is 12.1 Å². The smallest absolute Gasteiger partial charge is 0.271 e. The third kappa shape index (κ3) is 4.99. The van der Waals surface area contributed by atoms with Gasteiger partial charge in [0.2, 0.25) is 15.9 Å². The van der Waals surface area contributed by atoms with Crippen LogP contribution in [0.25, 0.3) is 0 Å². The molecule has 10 heteroatoms. The summed E-state index contributed by atoms with van der Waals surface area (Å²) in [5.41, 5.74) is 1.08. The summed E-state index contributed by atoms with van der Waals surface area (Å²) in [6.45, 7) is 3.54. The number of nitro benzene ring substituents is 1. The Hall–Kier alpha value is -2.65. The topological polar surface area (TPSA) is 110 Å². The van der Waals surface area contributed by atoms with E-state index in [2.05, 4.69) is 5.32 Å². The van der Waals surface area contributed by atoms with Gasteiger partial charge < -0.3 is 5.32 Å². The van der Waals surface area contributed by atoms with Crippen molar-refractivity contribution in [3.63, 3.8) is 0 Å². The third-order valence-electron chi connectivity index (χ3n) is 4.04. The predicted molar refractivity (Wildman–Crippen MR) is 109 cm³/mol. The quantitative estimate of drug-likeness (QED) is 0.536. The number of rotatable bonds is 7. The average Bonchev–Trinajstić information content (AvgIpc) is 2.61. The van der Waals surface area contributed by atoms with Gasteiger partial charge in [0.05, 0.1) is 27.6 Å². The second-order valence-electron chi connectivity index (χ2n) is 6.23. The van der Waals surface area contributed by atoms with E-state index in [1.807, 2.05) is 6.92 Å². The van der Waals surface area contributed by atoms with E-state index in [0.29, 0.717) is 5.69 Å². The van der Waals surface area contributed by atoms with Gasteiger partial charge in [-0.3, -0.25) is 19.2 Å². The predicted octanol–water partition coefficient (Wildman–Crippen LogP) is 3.74. The summed E-state index contributed by atoms with van der Waals surface area (Å²) in [6, 6.07) is 9.30. The molecule has 0 aliphatic carbocycles. The first-order chi connectivity index (χ1) is 13.0. The number of nitrogens with one attached hydrogen (secondary N) is 1. The molecular formula is C18H20ClN3O5S. The van der Waals surface area contributed by atoms with Crippen LogP contribution >= 0.6 is 11.6 Å². The summed E-state index contributed by atoms with van der Waals surface area (Å²) in [5, 5.41) is 13.6. The number of benzene rings is 2. The normalized spacial score (nSPS) is 12.3. The molecule has 1 N–H and O–H groups in total. The fourth-order valence-electron chi connectivity index (χ4n) is 2.69. The first kappa shape index (κ1) is 21.6. The van der Waals surface area contributed by atoms with Crippen LogP contribution in [-0.2, 0) is 14.8 Å². The van der Waals surface area contributed by atoms with Crippen LogP contribution in [-0.4, -0.2) is 31.5 Å². The highest BCUT2D eigenvalue weighted by Crippen LogP contribution is 2.28. The maximum Gasteiger partial charge on any atom is 0.271 e. The van der Waals surface area contributed by atoms with Gasteiger partial charge in [-0.15, -0.1) is 0 Å². The number of carbonyl (C=O) groups is 1. The summed E-state index contributed by atoms with van der Waals surface area (Å²) in [5.74, 6) is -0.643. The average molecular weight is 426 g/mol. The van der Waals surface area contributed by atoms with Gasteiger partial charge in [-0.1, -0.05) is 36.2 Å². The highest BCUT2D eigenvalue weighted by Gasteiger charge is 2.32. The first-order valence-electron chi connectivity index (χ1n) is 8.35. The zero-order chi connectivity index (χ0) is 21.1. The Kier molecular flexibility index (Phi) is 6.63. The Balaban J connectivity index is 2.41. The van der Waals surface area contributed by atoms with Gasteiger partial charge in [0.25, 0.3) is 5.69 Å². The van der Waals surface area contributed by atoms with Crippen molar-refractivity contribution in [3.8, 4) is 0 Å². The molecule has 0 spiro atoms. The number of amides is 1. The second kappa shape index (κ2) is 8.57. The molecule has 150 valence electrons. The summed E-state index contributed by atoms with van der Waals surface area (Å²) in [6.07, 6.45) is 1.20. The molecule has 0 heterocycles. The molecule has 0 fully saturated rings. The molecule has 0 aliphatic heterocycles. The Bertz CT molecular complexity index is 993. The lowest BCUT2D eigenvalue weighted by atomic mass is 10.1. The van der Waals surface area contributed by atoms with Crippen LogP contribution in [0.5, 0.6) is 0 Å². The molecule has 0 saturated carbocycles. The fourth-order valence-corrected chi connectivity index (χ4v) is 4.07. The van der Waals surface area contributed by atoms with Crippen molar-refractivity contribution in [1.82, 2.24) is 0 Å². The van der Waals surface area contributed by atoms with Gasteiger partial charge in [0, 0.05) is 12.1 Å². The van der Waals surface area contributed by atoms with Crippen molar-refractivity contribution in [2.75, 3.05) is 15.9 Å². The number of hydrogen-bond acceptors (Lipinski definition) is 5. The van der Waals surface area contributed by atoms with Gasteiger partial charge >= 0.3 is 0 Å². The molecule has 1 atom stereocenters. The summed E-state index contributed by atoms with van der Waals surface area (Å²) in [4.78, 5) is 23.2. The third-order valence-corrected chi connectivity index (χ3v) is 5.55. The number of aryl methyl sites for hydroxylation is 1. The number of nitro groups is 1. The number of halogens is 1. The number of non-ortho nitro benzene ring substituents is 1. The summed E-state index contributed by atoms with van der Waals surface area (Å²) in [7, 11) is -3.78. The highest BCUT2D eigenvalue weighted by molar-refractivity contribution is 7.92. The minimum Gasteiger partial charge on any atom is -0.323 e. The Labute approximate surface area is 168 Å². The van der Waals surface area contributed by atoms with Crippen LogP contribution in [0, 0.1) is 17.0 Å². The lowest BCUT2D eigenvalue weighted by molar-refractivity contribution is -0.384. The molecular weight excluding hydrogens is 406 g/mol. The number of nitrogens with zero attached hydrogens (tertiary/aromatic N) is 2. The molecule has 2 rings (SSSR count). The molecule has 0 aliphatic rings. The largest absolute Gasteiger partial charge is 0.323 e. The van der Waals surface area contributed by atoms with E-state index in [9.17, 15) is 23.3 Å². The van der Waals surface area contributed by atoms with Crippen LogP contribution in [0.4, 0.5) is 17.1 Å². The molecule has 0 bridgehead atoms. The van der Waals surface area contributed by atoms with Gasteiger partial charge in [0.1, 0.15) is 6.04 Å². The number of carbonyl (C=O) groups excluding carboxylic acids is 1. The molecule has 28 heavy (non-hydrogen) atoms. The summed E-state index contributed by atoms with van der Waals surface area (Å²) >= 11 is 6.03. The number of hydrogen-bond donors (Lipinski definition) is 1. The molecule has 0 radical (unpaired) electrons.